The van der Waals surface area contributed by atoms with Crippen LogP contribution in [0.4, 0.5) is 0 Å². The van der Waals surface area contributed by atoms with Crippen LogP contribution in [-0.4, -0.2) is 47.2 Å². The second-order valence-electron chi connectivity index (χ2n) is 7.30. The van der Waals surface area contributed by atoms with Crippen molar-refractivity contribution in [2.75, 3.05) is 19.7 Å². The molecule has 3 heterocycles. The van der Waals surface area contributed by atoms with Crippen LogP contribution in [0.1, 0.15) is 19.4 Å². The van der Waals surface area contributed by atoms with Crippen molar-refractivity contribution in [2.45, 2.75) is 32.0 Å². The summed E-state index contributed by atoms with van der Waals surface area (Å²) in [5, 5.41) is 0. The van der Waals surface area contributed by atoms with E-state index in [9.17, 15) is 4.79 Å². The summed E-state index contributed by atoms with van der Waals surface area (Å²) in [6, 6.07) is 9.50. The van der Waals surface area contributed by atoms with Gasteiger partial charge in [-0.2, -0.15) is 0 Å². The first kappa shape index (κ1) is 16.7. The maximum atomic E-state index is 12.3. The number of benzene rings is 1. The van der Waals surface area contributed by atoms with Crippen LogP contribution in [-0.2, 0) is 11.2 Å². The van der Waals surface area contributed by atoms with E-state index in [0.717, 1.165) is 23.5 Å². The molecule has 1 fully saturated rings. The first-order chi connectivity index (χ1) is 12.5. The van der Waals surface area contributed by atoms with E-state index in [1.807, 2.05) is 44.2 Å². The Morgan fingerprint density at radius 3 is 2.92 bits per heavy atom. The zero-order valence-electron chi connectivity index (χ0n) is 15.0. The summed E-state index contributed by atoms with van der Waals surface area (Å²) in [5.41, 5.74) is 0.883. The van der Waals surface area contributed by atoms with Crippen molar-refractivity contribution < 1.29 is 19.0 Å². The fourth-order valence-electron chi connectivity index (χ4n) is 3.26. The number of rotatable bonds is 5. The molecule has 4 rings (SSSR count). The minimum atomic E-state index is -0.236. The lowest BCUT2D eigenvalue weighted by Gasteiger charge is -2.38. The van der Waals surface area contributed by atoms with E-state index >= 15 is 0 Å². The number of para-hydroxylation sites is 1. The summed E-state index contributed by atoms with van der Waals surface area (Å²) in [7, 11) is 0. The van der Waals surface area contributed by atoms with Gasteiger partial charge in [0.1, 0.15) is 17.5 Å². The number of fused-ring (bicyclic) bond motifs is 1. The SMILES string of the molecule is CC1(C)Cc2cccc(OCC(=O)N3CC(Oc4cccnc4)C3)c2O1. The van der Waals surface area contributed by atoms with Crippen LogP contribution in [0.5, 0.6) is 17.2 Å². The summed E-state index contributed by atoms with van der Waals surface area (Å²) >= 11 is 0. The number of carbonyl (C=O) groups excluding carboxylic acids is 1. The van der Waals surface area contributed by atoms with Gasteiger partial charge in [-0.15, -0.1) is 0 Å². The van der Waals surface area contributed by atoms with Gasteiger partial charge in [-0.3, -0.25) is 9.78 Å². The smallest absolute Gasteiger partial charge is 0.260 e. The van der Waals surface area contributed by atoms with E-state index in [4.69, 9.17) is 14.2 Å². The van der Waals surface area contributed by atoms with Gasteiger partial charge < -0.3 is 19.1 Å². The summed E-state index contributed by atoms with van der Waals surface area (Å²) in [4.78, 5) is 18.1. The molecule has 2 aromatic rings. The van der Waals surface area contributed by atoms with Crippen LogP contribution in [0.25, 0.3) is 0 Å². The van der Waals surface area contributed by atoms with Crippen molar-refractivity contribution in [3.8, 4) is 17.2 Å². The molecule has 0 atom stereocenters. The van der Waals surface area contributed by atoms with Gasteiger partial charge in [0.15, 0.2) is 18.1 Å². The molecule has 0 saturated carbocycles. The molecule has 6 heteroatoms. The summed E-state index contributed by atoms with van der Waals surface area (Å²) in [5.74, 6) is 2.06. The molecule has 1 aromatic carbocycles. The Bertz CT molecular complexity index is 801. The number of amides is 1. The predicted molar refractivity (Wildman–Crippen MR) is 95.6 cm³/mol. The Hall–Kier alpha value is -2.76. The monoisotopic (exact) mass is 354 g/mol. The lowest BCUT2D eigenvalue weighted by atomic mass is 10.0. The Kier molecular flexibility index (Phi) is 4.18. The molecule has 0 unspecified atom stereocenters. The molecule has 0 N–H and O–H groups in total. The van der Waals surface area contributed by atoms with Gasteiger partial charge in [0.05, 0.1) is 19.3 Å². The van der Waals surface area contributed by atoms with Crippen molar-refractivity contribution in [2.24, 2.45) is 0 Å². The van der Waals surface area contributed by atoms with Crippen LogP contribution < -0.4 is 14.2 Å². The molecule has 2 aliphatic heterocycles. The van der Waals surface area contributed by atoms with Crippen LogP contribution in [0.3, 0.4) is 0 Å². The van der Waals surface area contributed by atoms with E-state index < -0.39 is 0 Å². The van der Waals surface area contributed by atoms with Gasteiger partial charge in [0.2, 0.25) is 0 Å². The molecule has 1 saturated heterocycles. The molecule has 0 spiro atoms. The molecular weight excluding hydrogens is 332 g/mol. The van der Waals surface area contributed by atoms with Crippen LogP contribution >= 0.6 is 0 Å². The average Bonchev–Trinajstić information content (AvgIpc) is 2.91. The fraction of sp³-hybridized carbons (Fsp3) is 0.400. The molecule has 0 bridgehead atoms. The third-order valence-electron chi connectivity index (χ3n) is 4.54. The van der Waals surface area contributed by atoms with Gasteiger partial charge in [-0.05, 0) is 32.0 Å². The number of carbonyl (C=O) groups is 1. The van der Waals surface area contributed by atoms with E-state index in [0.29, 0.717) is 18.8 Å². The highest BCUT2D eigenvalue weighted by atomic mass is 16.5. The van der Waals surface area contributed by atoms with Gasteiger partial charge in [-0.1, -0.05) is 12.1 Å². The number of nitrogens with zero attached hydrogens (tertiary/aromatic N) is 2. The number of hydrogen-bond donors (Lipinski definition) is 0. The largest absolute Gasteiger partial charge is 0.485 e. The molecule has 2 aliphatic rings. The fourth-order valence-corrected chi connectivity index (χ4v) is 3.26. The van der Waals surface area contributed by atoms with Crippen molar-refractivity contribution in [1.82, 2.24) is 9.88 Å². The van der Waals surface area contributed by atoms with Gasteiger partial charge in [0.25, 0.3) is 5.91 Å². The van der Waals surface area contributed by atoms with Crippen molar-refractivity contribution in [3.63, 3.8) is 0 Å². The molecule has 26 heavy (non-hydrogen) atoms. The summed E-state index contributed by atoms with van der Waals surface area (Å²) in [6.07, 6.45) is 4.22. The molecule has 6 nitrogen and oxygen atoms in total. The number of likely N-dealkylation sites (tertiary alicyclic amines) is 1. The van der Waals surface area contributed by atoms with Gasteiger partial charge in [0, 0.05) is 18.2 Å². The number of pyridine rings is 1. The quantitative estimate of drug-likeness (QED) is 0.825. The number of aromatic nitrogens is 1. The second-order valence-corrected chi connectivity index (χ2v) is 7.30. The lowest BCUT2D eigenvalue weighted by molar-refractivity contribution is -0.142. The highest BCUT2D eigenvalue weighted by molar-refractivity contribution is 5.78. The zero-order valence-corrected chi connectivity index (χ0v) is 15.0. The van der Waals surface area contributed by atoms with Crippen molar-refractivity contribution in [3.05, 3.63) is 48.3 Å². The summed E-state index contributed by atoms with van der Waals surface area (Å²) < 4.78 is 17.5. The first-order valence-corrected chi connectivity index (χ1v) is 8.78. The molecule has 136 valence electrons. The predicted octanol–water partition coefficient (Wildman–Crippen LogP) is 2.46. The maximum absolute atomic E-state index is 12.3. The average molecular weight is 354 g/mol. The van der Waals surface area contributed by atoms with Gasteiger partial charge >= 0.3 is 0 Å². The lowest BCUT2D eigenvalue weighted by Crippen LogP contribution is -2.57. The third kappa shape index (κ3) is 3.45. The Morgan fingerprint density at radius 1 is 1.31 bits per heavy atom. The highest BCUT2D eigenvalue weighted by Crippen LogP contribution is 2.41. The zero-order chi connectivity index (χ0) is 18.1. The summed E-state index contributed by atoms with van der Waals surface area (Å²) in [6.45, 7) is 5.22. The molecule has 1 aromatic heterocycles. The van der Waals surface area contributed by atoms with E-state index in [1.54, 1.807) is 17.3 Å². The molecule has 0 aliphatic carbocycles. The minimum Gasteiger partial charge on any atom is -0.485 e. The number of hydrogen-bond acceptors (Lipinski definition) is 5. The first-order valence-electron chi connectivity index (χ1n) is 8.78. The Morgan fingerprint density at radius 2 is 2.15 bits per heavy atom. The van der Waals surface area contributed by atoms with E-state index in [-0.39, 0.29) is 24.2 Å². The molecule has 1 amide bonds. The Balaban J connectivity index is 1.28. The van der Waals surface area contributed by atoms with E-state index in [2.05, 4.69) is 4.98 Å². The topological polar surface area (TPSA) is 60.9 Å². The normalized spacial score (nSPS) is 17.8. The van der Waals surface area contributed by atoms with Crippen molar-refractivity contribution >= 4 is 5.91 Å². The maximum Gasteiger partial charge on any atom is 0.260 e. The van der Waals surface area contributed by atoms with Crippen LogP contribution in [0, 0.1) is 0 Å². The second kappa shape index (κ2) is 6.52. The number of ether oxygens (including phenoxy) is 3. The standard InChI is InChI=1S/C20H22N2O4/c1-20(2)9-14-5-3-7-17(19(14)26-20)24-13-18(23)22-11-16(12-22)25-15-6-4-8-21-10-15/h3-8,10,16H,9,11-13H2,1-2H3. The van der Waals surface area contributed by atoms with Crippen LogP contribution in [0.2, 0.25) is 0 Å². The minimum absolute atomic E-state index is 0.000144. The molecule has 0 radical (unpaired) electrons. The van der Waals surface area contributed by atoms with E-state index in [1.165, 1.54) is 0 Å². The van der Waals surface area contributed by atoms with Gasteiger partial charge in [-0.25, -0.2) is 0 Å². The molecular formula is C20H22N2O4. The third-order valence-corrected chi connectivity index (χ3v) is 4.54. The van der Waals surface area contributed by atoms with Crippen LogP contribution in [0.15, 0.2) is 42.7 Å². The van der Waals surface area contributed by atoms with Crippen molar-refractivity contribution in [1.29, 1.82) is 0 Å². The Labute approximate surface area is 152 Å². The highest BCUT2D eigenvalue weighted by Gasteiger charge is 2.34.